The molecule has 2 amide bonds. The zero-order valence-electron chi connectivity index (χ0n) is 11.1. The molecular weight excluding hydrogens is 258 g/mol. The van der Waals surface area contributed by atoms with Crippen molar-refractivity contribution in [3.05, 3.63) is 34.7 Å². The number of amides is 2. The summed E-state index contributed by atoms with van der Waals surface area (Å²) < 4.78 is 3.01. The van der Waals surface area contributed by atoms with E-state index < -0.39 is 11.9 Å². The van der Waals surface area contributed by atoms with Gasteiger partial charge in [-0.2, -0.15) is 0 Å². The van der Waals surface area contributed by atoms with E-state index in [1.54, 1.807) is 7.05 Å². The Balaban J connectivity index is 2.19. The number of nitrogens with zero attached hydrogens (tertiary/aromatic N) is 2. The van der Waals surface area contributed by atoms with Crippen molar-refractivity contribution in [3.8, 4) is 0 Å². The van der Waals surface area contributed by atoms with Gasteiger partial charge in [0.1, 0.15) is 6.04 Å². The van der Waals surface area contributed by atoms with E-state index in [-0.39, 0.29) is 11.6 Å². The fourth-order valence-electron chi connectivity index (χ4n) is 2.74. The Morgan fingerprint density at radius 2 is 1.85 bits per heavy atom. The van der Waals surface area contributed by atoms with Gasteiger partial charge in [-0.25, -0.2) is 4.79 Å². The van der Waals surface area contributed by atoms with Gasteiger partial charge in [0, 0.05) is 13.5 Å². The summed E-state index contributed by atoms with van der Waals surface area (Å²) in [5.41, 5.74) is 1.26. The minimum atomic E-state index is -0.625. The van der Waals surface area contributed by atoms with Crippen molar-refractivity contribution >= 4 is 22.8 Å². The topological polar surface area (TPSA) is 73.1 Å². The summed E-state index contributed by atoms with van der Waals surface area (Å²) in [6, 6.07) is 6.71. The number of benzene rings is 1. The highest BCUT2D eigenvalue weighted by Gasteiger charge is 2.29. The molecule has 6 heteroatoms. The number of fused-ring (bicyclic) bond motifs is 1. The minimum Gasteiger partial charge on any atom is -0.295 e. The predicted molar refractivity (Wildman–Crippen MR) is 73.2 cm³/mol. The van der Waals surface area contributed by atoms with Gasteiger partial charge in [0.25, 0.3) is 0 Å². The van der Waals surface area contributed by atoms with Gasteiger partial charge in [-0.15, -0.1) is 0 Å². The molecular formula is C14H15N3O3. The van der Waals surface area contributed by atoms with Crippen LogP contribution in [0.5, 0.6) is 0 Å². The molecule has 1 atom stereocenters. The number of carbonyl (C=O) groups excluding carboxylic acids is 2. The minimum absolute atomic E-state index is 0.235. The molecule has 1 fully saturated rings. The number of aromatic nitrogens is 2. The molecule has 1 aliphatic rings. The molecule has 1 aliphatic heterocycles. The molecule has 6 nitrogen and oxygen atoms in total. The number of nitrogens with one attached hydrogen (secondary N) is 1. The molecule has 1 aromatic heterocycles. The monoisotopic (exact) mass is 273 g/mol. The van der Waals surface area contributed by atoms with Crippen molar-refractivity contribution in [2.75, 3.05) is 0 Å². The lowest BCUT2D eigenvalue weighted by molar-refractivity contribution is -0.131. The molecule has 0 spiro atoms. The van der Waals surface area contributed by atoms with Crippen LogP contribution in [0.25, 0.3) is 11.0 Å². The van der Waals surface area contributed by atoms with E-state index in [1.807, 2.05) is 24.3 Å². The number of carbonyl (C=O) groups is 2. The van der Waals surface area contributed by atoms with E-state index >= 15 is 0 Å². The average molecular weight is 273 g/mol. The van der Waals surface area contributed by atoms with Crippen molar-refractivity contribution in [1.29, 1.82) is 0 Å². The van der Waals surface area contributed by atoms with Gasteiger partial charge in [-0.1, -0.05) is 12.1 Å². The molecule has 3 rings (SSSR count). The Hall–Kier alpha value is -2.37. The standard InChI is InChI=1S/C14H15N3O3/c1-16-9-5-2-3-6-10(9)17(14(16)20)11-7-4-8-12(18)15-13(11)19/h2-3,5-6,11H,4,7-8H2,1H3,(H,15,18,19). The van der Waals surface area contributed by atoms with Crippen molar-refractivity contribution in [1.82, 2.24) is 14.5 Å². The highest BCUT2D eigenvalue weighted by molar-refractivity contribution is 5.98. The summed E-state index contributed by atoms with van der Waals surface area (Å²) in [7, 11) is 1.68. The maximum Gasteiger partial charge on any atom is 0.329 e. The van der Waals surface area contributed by atoms with Gasteiger partial charge in [0.05, 0.1) is 11.0 Å². The zero-order valence-corrected chi connectivity index (χ0v) is 11.1. The summed E-state index contributed by atoms with van der Waals surface area (Å²) >= 11 is 0. The van der Waals surface area contributed by atoms with Crippen molar-refractivity contribution in [2.45, 2.75) is 25.3 Å². The SMILES string of the molecule is Cn1c(=O)n(C2CCCC(=O)NC2=O)c2ccccc21. The summed E-state index contributed by atoms with van der Waals surface area (Å²) in [4.78, 5) is 35.9. The number of imidazole rings is 1. The second-order valence-corrected chi connectivity index (χ2v) is 5.02. The fraction of sp³-hybridized carbons (Fsp3) is 0.357. The first-order chi connectivity index (χ1) is 9.59. The Morgan fingerprint density at radius 1 is 1.15 bits per heavy atom. The van der Waals surface area contributed by atoms with Crippen LogP contribution in [0, 0.1) is 0 Å². The predicted octanol–water partition coefficient (Wildman–Crippen LogP) is 0.708. The number of aryl methyl sites for hydroxylation is 1. The fourth-order valence-corrected chi connectivity index (χ4v) is 2.74. The van der Waals surface area contributed by atoms with Crippen LogP contribution in [0.1, 0.15) is 25.3 Å². The molecule has 0 saturated carbocycles. The van der Waals surface area contributed by atoms with E-state index in [1.165, 1.54) is 9.13 Å². The second-order valence-electron chi connectivity index (χ2n) is 5.02. The van der Waals surface area contributed by atoms with Crippen LogP contribution in [0.15, 0.2) is 29.1 Å². The van der Waals surface area contributed by atoms with Crippen molar-refractivity contribution < 1.29 is 9.59 Å². The molecule has 0 bridgehead atoms. The molecule has 1 aromatic carbocycles. The normalized spacial score (nSPS) is 19.9. The third-order valence-electron chi connectivity index (χ3n) is 3.75. The molecule has 2 aromatic rings. The Labute approximate surface area is 115 Å². The molecule has 2 heterocycles. The summed E-state index contributed by atoms with van der Waals surface area (Å²) in [5, 5.41) is 2.34. The number of para-hydroxylation sites is 2. The smallest absolute Gasteiger partial charge is 0.295 e. The maximum atomic E-state index is 12.4. The molecule has 1 unspecified atom stereocenters. The Kier molecular flexibility index (Phi) is 2.93. The highest BCUT2D eigenvalue weighted by atomic mass is 16.2. The summed E-state index contributed by atoms with van der Waals surface area (Å²) in [6.45, 7) is 0. The Bertz CT molecular complexity index is 757. The molecule has 0 aliphatic carbocycles. The number of imide groups is 1. The Morgan fingerprint density at radius 3 is 2.60 bits per heavy atom. The molecule has 1 saturated heterocycles. The molecule has 20 heavy (non-hydrogen) atoms. The van der Waals surface area contributed by atoms with Crippen LogP contribution < -0.4 is 11.0 Å². The highest BCUT2D eigenvalue weighted by Crippen LogP contribution is 2.22. The zero-order chi connectivity index (χ0) is 14.3. The lowest BCUT2D eigenvalue weighted by Crippen LogP contribution is -2.38. The molecule has 104 valence electrons. The van der Waals surface area contributed by atoms with Gasteiger partial charge in [-0.3, -0.25) is 24.0 Å². The van der Waals surface area contributed by atoms with Crippen LogP contribution >= 0.6 is 0 Å². The van der Waals surface area contributed by atoms with Gasteiger partial charge >= 0.3 is 5.69 Å². The van der Waals surface area contributed by atoms with E-state index in [0.717, 1.165) is 11.0 Å². The van der Waals surface area contributed by atoms with Gasteiger partial charge in [-0.05, 0) is 25.0 Å². The maximum absolute atomic E-state index is 12.4. The van der Waals surface area contributed by atoms with Crippen LogP contribution in [0.4, 0.5) is 0 Å². The van der Waals surface area contributed by atoms with E-state index in [9.17, 15) is 14.4 Å². The first-order valence-electron chi connectivity index (χ1n) is 6.59. The second kappa shape index (κ2) is 4.63. The lowest BCUT2D eigenvalue weighted by atomic mass is 10.1. The van der Waals surface area contributed by atoms with E-state index in [2.05, 4.69) is 5.32 Å². The van der Waals surface area contributed by atoms with E-state index in [0.29, 0.717) is 19.3 Å². The summed E-state index contributed by atoms with van der Waals surface area (Å²) in [6.07, 6.45) is 1.41. The summed E-state index contributed by atoms with van der Waals surface area (Å²) in [5.74, 6) is -0.670. The van der Waals surface area contributed by atoms with Crippen LogP contribution in [-0.2, 0) is 16.6 Å². The quantitative estimate of drug-likeness (QED) is 0.778. The molecule has 1 N–H and O–H groups in total. The third kappa shape index (κ3) is 1.84. The number of hydrogen-bond donors (Lipinski definition) is 1. The average Bonchev–Trinajstić information content (AvgIpc) is 2.57. The van der Waals surface area contributed by atoms with Crippen LogP contribution in [0.2, 0.25) is 0 Å². The number of hydrogen-bond acceptors (Lipinski definition) is 3. The number of rotatable bonds is 1. The van der Waals surface area contributed by atoms with Crippen LogP contribution in [-0.4, -0.2) is 20.9 Å². The van der Waals surface area contributed by atoms with Crippen LogP contribution in [0.3, 0.4) is 0 Å². The van der Waals surface area contributed by atoms with Gasteiger partial charge in [0.15, 0.2) is 0 Å². The van der Waals surface area contributed by atoms with E-state index in [4.69, 9.17) is 0 Å². The largest absolute Gasteiger partial charge is 0.329 e. The third-order valence-corrected chi connectivity index (χ3v) is 3.75. The van der Waals surface area contributed by atoms with Crippen molar-refractivity contribution in [3.63, 3.8) is 0 Å². The van der Waals surface area contributed by atoms with Gasteiger partial charge < -0.3 is 0 Å². The lowest BCUT2D eigenvalue weighted by Gasteiger charge is -2.14. The first-order valence-corrected chi connectivity index (χ1v) is 6.59. The van der Waals surface area contributed by atoms with Gasteiger partial charge in [0.2, 0.25) is 11.8 Å². The molecule has 0 radical (unpaired) electrons. The first kappa shape index (κ1) is 12.7. The van der Waals surface area contributed by atoms with Crippen molar-refractivity contribution in [2.24, 2.45) is 7.05 Å².